The lowest BCUT2D eigenvalue weighted by Crippen LogP contribution is -2.00. The molecule has 2 aromatic rings. The number of anilines is 2. The molecule has 0 spiro atoms. The summed E-state index contributed by atoms with van der Waals surface area (Å²) in [6, 6.07) is 12.2. The molecule has 2 aromatic carbocycles. The van der Waals surface area contributed by atoms with Gasteiger partial charge in [-0.15, -0.1) is 0 Å². The molecule has 0 saturated heterocycles. The molecule has 2 rings (SSSR count). The molecule has 0 aliphatic rings. The zero-order valence-corrected chi connectivity index (χ0v) is 10.9. The second-order valence-electron chi connectivity index (χ2n) is 4.30. The topological polar surface area (TPSA) is 61.7 Å². The fraction of sp³-hybridized carbons (Fsp3) is 0.200. The molecule has 1 atom stereocenters. The first-order chi connectivity index (χ1) is 9.10. The van der Waals surface area contributed by atoms with E-state index in [1.165, 1.54) is 0 Å². The van der Waals surface area contributed by atoms with Crippen molar-refractivity contribution in [1.82, 2.24) is 0 Å². The summed E-state index contributed by atoms with van der Waals surface area (Å²) < 4.78 is 5.15. The molecule has 4 nitrogen and oxygen atoms in total. The normalized spacial score (nSPS) is 11.9. The van der Waals surface area contributed by atoms with Gasteiger partial charge in [0.05, 0.1) is 13.2 Å². The Morgan fingerprint density at radius 2 is 1.79 bits per heavy atom. The number of benzene rings is 2. The molecule has 4 heteroatoms. The maximum Gasteiger partial charge on any atom is 0.119 e. The highest BCUT2D eigenvalue weighted by Gasteiger charge is 2.09. The van der Waals surface area contributed by atoms with Crippen LogP contribution in [0.1, 0.15) is 18.6 Å². The first-order valence-corrected chi connectivity index (χ1v) is 6.02. The summed E-state index contributed by atoms with van der Waals surface area (Å²) >= 11 is 0. The summed E-state index contributed by atoms with van der Waals surface area (Å²) in [5.74, 6) is 0.920. The van der Waals surface area contributed by atoms with E-state index in [0.717, 1.165) is 16.9 Å². The molecule has 0 bridgehead atoms. The average molecular weight is 259 g/mol. The molecule has 100 valence electrons. The quantitative estimate of drug-likeness (QED) is 0.738. The lowest BCUT2D eigenvalue weighted by atomic mass is 10.1. The number of rotatable bonds is 4. The minimum absolute atomic E-state index is 0.219. The second kappa shape index (κ2) is 5.63. The van der Waals surface area contributed by atoms with E-state index in [1.54, 1.807) is 44.4 Å². The third kappa shape index (κ3) is 3.17. The Morgan fingerprint density at radius 3 is 2.37 bits per heavy atom. The van der Waals surface area contributed by atoms with Gasteiger partial charge >= 0.3 is 0 Å². The van der Waals surface area contributed by atoms with Crippen molar-refractivity contribution in [2.45, 2.75) is 13.0 Å². The van der Waals surface area contributed by atoms with E-state index >= 15 is 0 Å². The maximum absolute atomic E-state index is 9.81. The SMILES string of the molecule is COc1ccc(Nc2ccc(O)cc2)c(C(C)O)c1. The van der Waals surface area contributed by atoms with Gasteiger partial charge in [0.2, 0.25) is 0 Å². The Balaban J connectivity index is 2.31. The molecular weight excluding hydrogens is 242 g/mol. The number of hydrogen-bond donors (Lipinski definition) is 3. The van der Waals surface area contributed by atoms with Crippen molar-refractivity contribution in [1.29, 1.82) is 0 Å². The molecule has 3 N–H and O–H groups in total. The number of aromatic hydroxyl groups is 1. The summed E-state index contributed by atoms with van der Waals surface area (Å²) in [5.41, 5.74) is 2.40. The zero-order valence-electron chi connectivity index (χ0n) is 10.9. The van der Waals surface area contributed by atoms with Crippen LogP contribution in [0.2, 0.25) is 0 Å². The molecule has 0 aliphatic carbocycles. The predicted octanol–water partition coefficient (Wildman–Crippen LogP) is 3.20. The zero-order chi connectivity index (χ0) is 13.8. The van der Waals surface area contributed by atoms with E-state index in [0.29, 0.717) is 5.75 Å². The lowest BCUT2D eigenvalue weighted by Gasteiger charge is -2.15. The van der Waals surface area contributed by atoms with Gasteiger partial charge in [0.1, 0.15) is 11.5 Å². The molecular formula is C15H17NO3. The number of hydrogen-bond acceptors (Lipinski definition) is 4. The van der Waals surface area contributed by atoms with Gasteiger partial charge in [-0.2, -0.15) is 0 Å². The Morgan fingerprint density at radius 1 is 1.11 bits per heavy atom. The number of ether oxygens (including phenoxy) is 1. The summed E-state index contributed by atoms with van der Waals surface area (Å²) in [4.78, 5) is 0. The van der Waals surface area contributed by atoms with E-state index in [9.17, 15) is 10.2 Å². The second-order valence-corrected chi connectivity index (χ2v) is 4.30. The van der Waals surface area contributed by atoms with Crippen LogP contribution in [-0.2, 0) is 0 Å². The van der Waals surface area contributed by atoms with Gasteiger partial charge in [-0.3, -0.25) is 0 Å². The van der Waals surface area contributed by atoms with Gasteiger partial charge in [0.25, 0.3) is 0 Å². The number of aliphatic hydroxyl groups is 1. The van der Waals surface area contributed by atoms with Crippen LogP contribution in [0.4, 0.5) is 11.4 Å². The number of methoxy groups -OCH3 is 1. The first-order valence-electron chi connectivity index (χ1n) is 6.02. The summed E-state index contributed by atoms with van der Waals surface area (Å²) in [7, 11) is 1.59. The highest BCUT2D eigenvalue weighted by Crippen LogP contribution is 2.30. The molecule has 0 radical (unpaired) electrons. The Bertz CT molecular complexity index is 550. The first kappa shape index (κ1) is 13.2. The van der Waals surface area contributed by atoms with Crippen molar-refractivity contribution in [2.24, 2.45) is 0 Å². The van der Waals surface area contributed by atoms with E-state index in [1.807, 2.05) is 12.1 Å². The molecule has 0 aliphatic heterocycles. The van der Waals surface area contributed by atoms with Gasteiger partial charge in [0, 0.05) is 16.9 Å². The highest BCUT2D eigenvalue weighted by molar-refractivity contribution is 5.65. The van der Waals surface area contributed by atoms with Gasteiger partial charge < -0.3 is 20.3 Å². The largest absolute Gasteiger partial charge is 0.508 e. The van der Waals surface area contributed by atoms with Crippen LogP contribution >= 0.6 is 0 Å². The van der Waals surface area contributed by atoms with Gasteiger partial charge in [-0.25, -0.2) is 0 Å². The van der Waals surface area contributed by atoms with Crippen molar-refractivity contribution in [3.05, 3.63) is 48.0 Å². The van der Waals surface area contributed by atoms with E-state index in [-0.39, 0.29) is 5.75 Å². The Labute approximate surface area is 112 Å². The Hall–Kier alpha value is -2.20. The molecule has 1 unspecified atom stereocenters. The standard InChI is InChI=1S/C15H17NO3/c1-10(17)14-9-13(19-2)7-8-15(14)16-11-3-5-12(18)6-4-11/h3-10,16-18H,1-2H3. The fourth-order valence-corrected chi connectivity index (χ4v) is 1.83. The minimum Gasteiger partial charge on any atom is -0.508 e. The monoisotopic (exact) mass is 259 g/mol. The Kier molecular flexibility index (Phi) is 3.92. The molecule has 0 heterocycles. The van der Waals surface area contributed by atoms with Crippen LogP contribution in [0.15, 0.2) is 42.5 Å². The molecule has 19 heavy (non-hydrogen) atoms. The molecule has 0 fully saturated rings. The third-order valence-corrected chi connectivity index (χ3v) is 2.86. The van der Waals surface area contributed by atoms with Crippen molar-refractivity contribution >= 4 is 11.4 Å². The predicted molar refractivity (Wildman–Crippen MR) is 75.0 cm³/mol. The average Bonchev–Trinajstić information content (AvgIpc) is 2.41. The van der Waals surface area contributed by atoms with Crippen molar-refractivity contribution < 1.29 is 14.9 Å². The minimum atomic E-state index is -0.602. The van der Waals surface area contributed by atoms with Crippen LogP contribution in [0.25, 0.3) is 0 Å². The molecule has 0 saturated carbocycles. The third-order valence-electron chi connectivity index (χ3n) is 2.86. The number of phenols is 1. The van der Waals surface area contributed by atoms with Crippen molar-refractivity contribution in [2.75, 3.05) is 12.4 Å². The van der Waals surface area contributed by atoms with Gasteiger partial charge in [-0.1, -0.05) is 0 Å². The smallest absolute Gasteiger partial charge is 0.119 e. The molecule has 0 aromatic heterocycles. The number of nitrogens with one attached hydrogen (secondary N) is 1. The lowest BCUT2D eigenvalue weighted by molar-refractivity contribution is 0.199. The van der Waals surface area contributed by atoms with Crippen LogP contribution in [0, 0.1) is 0 Å². The fourth-order valence-electron chi connectivity index (χ4n) is 1.83. The number of aliphatic hydroxyl groups excluding tert-OH is 1. The van der Waals surface area contributed by atoms with E-state index < -0.39 is 6.10 Å². The maximum atomic E-state index is 9.81. The summed E-state index contributed by atoms with van der Waals surface area (Å²) in [6.45, 7) is 1.71. The highest BCUT2D eigenvalue weighted by atomic mass is 16.5. The van der Waals surface area contributed by atoms with Crippen molar-refractivity contribution in [3.63, 3.8) is 0 Å². The number of phenolic OH excluding ortho intramolecular Hbond substituents is 1. The van der Waals surface area contributed by atoms with Crippen LogP contribution in [0.3, 0.4) is 0 Å². The van der Waals surface area contributed by atoms with Gasteiger partial charge in [-0.05, 0) is 49.4 Å². The van der Waals surface area contributed by atoms with Crippen LogP contribution < -0.4 is 10.1 Å². The summed E-state index contributed by atoms with van der Waals surface area (Å²) in [5, 5.41) is 22.3. The van der Waals surface area contributed by atoms with Crippen LogP contribution in [0.5, 0.6) is 11.5 Å². The summed E-state index contributed by atoms with van der Waals surface area (Å²) in [6.07, 6.45) is -0.602. The molecule has 0 amide bonds. The van der Waals surface area contributed by atoms with Gasteiger partial charge in [0.15, 0.2) is 0 Å². The van der Waals surface area contributed by atoms with E-state index in [2.05, 4.69) is 5.32 Å². The van der Waals surface area contributed by atoms with E-state index in [4.69, 9.17) is 4.74 Å². The van der Waals surface area contributed by atoms with Crippen molar-refractivity contribution in [3.8, 4) is 11.5 Å². The van der Waals surface area contributed by atoms with Crippen LogP contribution in [-0.4, -0.2) is 17.3 Å².